The number of nitro groups is 1. The standard InChI is InChI=1S/C7H6F2N2O3/c8-6(9)5-2-1-4(3-12)7(10-5)11(13)14/h1-2,6,12H,3H2. The molecular formula is C7H6F2N2O3. The first-order valence-corrected chi connectivity index (χ1v) is 3.59. The van der Waals surface area contributed by atoms with Gasteiger partial charge >= 0.3 is 12.2 Å². The van der Waals surface area contributed by atoms with Gasteiger partial charge in [0.25, 0.3) is 0 Å². The summed E-state index contributed by atoms with van der Waals surface area (Å²) in [6, 6.07) is 2.01. The Labute approximate surface area is 77.2 Å². The minimum atomic E-state index is -2.86. The van der Waals surface area contributed by atoms with Crippen molar-refractivity contribution in [1.29, 1.82) is 0 Å². The van der Waals surface area contributed by atoms with Crippen LogP contribution in [0.15, 0.2) is 12.1 Å². The number of aliphatic hydroxyl groups excluding tert-OH is 1. The third-order valence-electron chi connectivity index (χ3n) is 1.54. The first-order valence-electron chi connectivity index (χ1n) is 3.59. The van der Waals surface area contributed by atoms with Crippen LogP contribution in [0, 0.1) is 10.1 Å². The van der Waals surface area contributed by atoms with Crippen LogP contribution in [0.5, 0.6) is 0 Å². The third-order valence-corrected chi connectivity index (χ3v) is 1.54. The van der Waals surface area contributed by atoms with E-state index in [2.05, 4.69) is 4.98 Å². The van der Waals surface area contributed by atoms with Crippen molar-refractivity contribution in [2.75, 3.05) is 0 Å². The van der Waals surface area contributed by atoms with Crippen molar-refractivity contribution in [2.24, 2.45) is 0 Å². The molecule has 0 saturated heterocycles. The van der Waals surface area contributed by atoms with Gasteiger partial charge in [-0.1, -0.05) is 0 Å². The van der Waals surface area contributed by atoms with Crippen molar-refractivity contribution < 1.29 is 18.8 Å². The minimum Gasteiger partial charge on any atom is -0.391 e. The average molecular weight is 204 g/mol. The molecular weight excluding hydrogens is 198 g/mol. The van der Waals surface area contributed by atoms with Crippen LogP contribution >= 0.6 is 0 Å². The molecule has 0 aliphatic carbocycles. The van der Waals surface area contributed by atoms with Gasteiger partial charge in [-0.05, 0) is 22.0 Å². The Hall–Kier alpha value is -1.63. The van der Waals surface area contributed by atoms with Crippen LogP contribution < -0.4 is 0 Å². The molecule has 1 aromatic rings. The van der Waals surface area contributed by atoms with Gasteiger partial charge in [0.1, 0.15) is 0 Å². The molecule has 0 saturated carbocycles. The van der Waals surface area contributed by atoms with E-state index in [1.165, 1.54) is 0 Å². The van der Waals surface area contributed by atoms with Crippen LogP contribution in [-0.2, 0) is 6.61 Å². The summed E-state index contributed by atoms with van der Waals surface area (Å²) in [6.45, 7) is -0.604. The van der Waals surface area contributed by atoms with Crippen LogP contribution in [0.4, 0.5) is 14.6 Å². The van der Waals surface area contributed by atoms with Crippen molar-refractivity contribution in [1.82, 2.24) is 4.98 Å². The number of pyridine rings is 1. The summed E-state index contributed by atoms with van der Waals surface area (Å²) in [5.74, 6) is -0.731. The van der Waals surface area contributed by atoms with Crippen molar-refractivity contribution >= 4 is 5.82 Å². The van der Waals surface area contributed by atoms with Gasteiger partial charge in [-0.15, -0.1) is 0 Å². The molecule has 5 nitrogen and oxygen atoms in total. The predicted octanol–water partition coefficient (Wildman–Crippen LogP) is 1.42. The van der Waals surface area contributed by atoms with E-state index in [1.807, 2.05) is 0 Å². The Morgan fingerprint density at radius 2 is 2.21 bits per heavy atom. The molecule has 0 aliphatic heterocycles. The Morgan fingerprint density at radius 3 is 2.64 bits per heavy atom. The molecule has 0 atom stereocenters. The molecule has 0 bridgehead atoms. The molecule has 0 amide bonds. The fourth-order valence-electron chi connectivity index (χ4n) is 0.895. The van der Waals surface area contributed by atoms with E-state index < -0.39 is 29.5 Å². The quantitative estimate of drug-likeness (QED) is 0.596. The first kappa shape index (κ1) is 10.5. The molecule has 0 radical (unpaired) electrons. The molecule has 76 valence electrons. The average Bonchev–Trinajstić information content (AvgIpc) is 2.16. The number of hydrogen-bond donors (Lipinski definition) is 1. The number of aromatic nitrogens is 1. The summed E-state index contributed by atoms with van der Waals surface area (Å²) in [4.78, 5) is 12.6. The van der Waals surface area contributed by atoms with Crippen molar-refractivity contribution in [2.45, 2.75) is 13.0 Å². The lowest BCUT2D eigenvalue weighted by Gasteiger charge is -1.99. The summed E-state index contributed by atoms with van der Waals surface area (Å²) in [5.41, 5.74) is -0.756. The number of nitrogens with zero attached hydrogens (tertiary/aromatic N) is 2. The Bertz CT molecular complexity index is 357. The van der Waals surface area contributed by atoms with Crippen molar-refractivity contribution in [3.63, 3.8) is 0 Å². The number of halogens is 2. The van der Waals surface area contributed by atoms with E-state index in [9.17, 15) is 18.9 Å². The molecule has 0 aliphatic rings. The number of alkyl halides is 2. The second-order valence-corrected chi connectivity index (χ2v) is 2.43. The maximum Gasteiger partial charge on any atom is 0.369 e. The third kappa shape index (κ3) is 1.99. The van der Waals surface area contributed by atoms with Gasteiger partial charge in [-0.25, -0.2) is 8.78 Å². The predicted molar refractivity (Wildman–Crippen MR) is 41.8 cm³/mol. The summed E-state index contributed by atoms with van der Waals surface area (Å²) in [6.07, 6.45) is -2.86. The minimum absolute atomic E-state index is 0.0839. The van der Waals surface area contributed by atoms with Gasteiger partial charge in [0.2, 0.25) is 5.69 Å². The molecule has 0 aromatic carbocycles. The molecule has 0 spiro atoms. The molecule has 0 fully saturated rings. The van der Waals surface area contributed by atoms with Crippen molar-refractivity contribution in [3.05, 3.63) is 33.5 Å². The second kappa shape index (κ2) is 4.05. The van der Waals surface area contributed by atoms with Crippen LogP contribution in [-0.4, -0.2) is 15.0 Å². The Morgan fingerprint density at radius 1 is 1.57 bits per heavy atom. The smallest absolute Gasteiger partial charge is 0.369 e. The maximum absolute atomic E-state index is 12.1. The zero-order chi connectivity index (χ0) is 10.7. The summed E-state index contributed by atoms with van der Waals surface area (Å²) < 4.78 is 24.2. The van der Waals surface area contributed by atoms with Gasteiger partial charge in [0.15, 0.2) is 0 Å². The number of hydrogen-bond acceptors (Lipinski definition) is 4. The van der Waals surface area contributed by atoms with Gasteiger partial charge < -0.3 is 15.2 Å². The molecule has 1 N–H and O–H groups in total. The topological polar surface area (TPSA) is 76.3 Å². The zero-order valence-corrected chi connectivity index (χ0v) is 6.85. The number of aliphatic hydroxyl groups is 1. The molecule has 7 heteroatoms. The Kier molecular flexibility index (Phi) is 3.03. The van der Waals surface area contributed by atoms with E-state index >= 15 is 0 Å². The lowest BCUT2D eigenvalue weighted by Crippen LogP contribution is -2.01. The molecule has 0 unspecified atom stereocenters. The lowest BCUT2D eigenvalue weighted by atomic mass is 10.2. The SMILES string of the molecule is O=[N+]([O-])c1nc(C(F)F)ccc1CO. The monoisotopic (exact) mass is 204 g/mol. The van der Waals surface area contributed by atoms with E-state index in [4.69, 9.17) is 5.11 Å². The highest BCUT2D eigenvalue weighted by Crippen LogP contribution is 2.22. The molecule has 1 rings (SSSR count). The Balaban J connectivity index is 3.21. The number of rotatable bonds is 3. The van der Waals surface area contributed by atoms with E-state index in [1.54, 1.807) is 0 Å². The molecule has 1 heterocycles. The normalized spacial score (nSPS) is 10.6. The first-order chi connectivity index (χ1) is 6.56. The highest BCUT2D eigenvalue weighted by Gasteiger charge is 2.21. The van der Waals surface area contributed by atoms with Crippen molar-refractivity contribution in [3.8, 4) is 0 Å². The second-order valence-electron chi connectivity index (χ2n) is 2.43. The fourth-order valence-corrected chi connectivity index (χ4v) is 0.895. The van der Waals surface area contributed by atoms with E-state index in [-0.39, 0.29) is 5.56 Å². The van der Waals surface area contributed by atoms with Gasteiger partial charge in [0.05, 0.1) is 12.2 Å². The van der Waals surface area contributed by atoms with Crippen LogP contribution in [0.25, 0.3) is 0 Å². The highest BCUT2D eigenvalue weighted by molar-refractivity contribution is 5.33. The van der Waals surface area contributed by atoms with E-state index in [0.717, 1.165) is 12.1 Å². The van der Waals surface area contributed by atoms with Gasteiger partial charge in [-0.3, -0.25) is 0 Å². The largest absolute Gasteiger partial charge is 0.391 e. The summed E-state index contributed by atoms with van der Waals surface area (Å²) in [7, 11) is 0. The van der Waals surface area contributed by atoms with E-state index in [0.29, 0.717) is 0 Å². The van der Waals surface area contributed by atoms with Gasteiger partial charge in [0, 0.05) is 0 Å². The van der Waals surface area contributed by atoms with Crippen LogP contribution in [0.3, 0.4) is 0 Å². The fraction of sp³-hybridized carbons (Fsp3) is 0.286. The van der Waals surface area contributed by atoms with Crippen LogP contribution in [0.1, 0.15) is 17.7 Å². The van der Waals surface area contributed by atoms with Gasteiger partial charge in [-0.2, -0.15) is 0 Å². The summed E-state index contributed by atoms with van der Waals surface area (Å²) >= 11 is 0. The lowest BCUT2D eigenvalue weighted by molar-refractivity contribution is -0.390. The molecule has 1 aromatic heterocycles. The molecule has 14 heavy (non-hydrogen) atoms. The highest BCUT2D eigenvalue weighted by atomic mass is 19.3. The zero-order valence-electron chi connectivity index (χ0n) is 6.85. The maximum atomic E-state index is 12.1. The van der Waals surface area contributed by atoms with Crippen LogP contribution in [0.2, 0.25) is 0 Å². The summed E-state index contributed by atoms with van der Waals surface area (Å²) in [5, 5.41) is 19.0.